The molecule has 2 atom stereocenters. The second-order valence-corrected chi connectivity index (χ2v) is 4.68. The molecule has 2 rings (SSSR count). The van der Waals surface area contributed by atoms with Gasteiger partial charge in [0, 0.05) is 19.3 Å². The molecule has 1 heterocycles. The summed E-state index contributed by atoms with van der Waals surface area (Å²) >= 11 is 0. The van der Waals surface area contributed by atoms with E-state index in [0.717, 1.165) is 31.4 Å². The van der Waals surface area contributed by atoms with Crippen LogP contribution in [0, 0.1) is 0 Å². The summed E-state index contributed by atoms with van der Waals surface area (Å²) in [7, 11) is 1.82. The highest BCUT2D eigenvalue weighted by atomic mass is 16.3. The Labute approximate surface area is 106 Å². The summed E-state index contributed by atoms with van der Waals surface area (Å²) in [4.78, 5) is 11.7. The Kier molecular flexibility index (Phi) is 4.15. The molecule has 1 aromatic heterocycles. The fraction of sp³-hybridized carbons (Fsp3) is 0.538. The van der Waals surface area contributed by atoms with Crippen molar-refractivity contribution in [3.63, 3.8) is 0 Å². The van der Waals surface area contributed by atoms with Crippen LogP contribution in [0.4, 0.5) is 0 Å². The molecule has 1 aliphatic rings. The van der Waals surface area contributed by atoms with Crippen LogP contribution in [0.25, 0.3) is 6.08 Å². The SMILES string of the molecule is Cn1nccc1/C=C/C(=O)N[C@H]1CCCC[C@@H]1O. The largest absolute Gasteiger partial charge is 0.391 e. The molecule has 0 radical (unpaired) electrons. The number of carbonyl (C=O) groups is 1. The molecule has 18 heavy (non-hydrogen) atoms. The number of aryl methyl sites for hydroxylation is 1. The molecule has 5 nitrogen and oxygen atoms in total. The van der Waals surface area contributed by atoms with Gasteiger partial charge in [0.1, 0.15) is 0 Å². The summed E-state index contributed by atoms with van der Waals surface area (Å²) in [6, 6.07) is 1.72. The van der Waals surface area contributed by atoms with E-state index in [1.807, 2.05) is 13.1 Å². The average Bonchev–Trinajstić information content (AvgIpc) is 2.75. The molecule has 1 amide bonds. The summed E-state index contributed by atoms with van der Waals surface area (Å²) in [5.41, 5.74) is 0.870. The summed E-state index contributed by atoms with van der Waals surface area (Å²) in [5.74, 6) is -0.165. The quantitative estimate of drug-likeness (QED) is 0.781. The Bertz CT molecular complexity index is 439. The lowest BCUT2D eigenvalue weighted by atomic mass is 9.92. The van der Waals surface area contributed by atoms with Crippen molar-refractivity contribution < 1.29 is 9.90 Å². The number of nitrogens with one attached hydrogen (secondary N) is 1. The number of amides is 1. The maximum absolute atomic E-state index is 11.7. The zero-order valence-electron chi connectivity index (χ0n) is 10.5. The topological polar surface area (TPSA) is 67.2 Å². The number of carbonyl (C=O) groups excluding carboxylic acids is 1. The van der Waals surface area contributed by atoms with Gasteiger partial charge in [0.2, 0.25) is 5.91 Å². The molecule has 0 bridgehead atoms. The lowest BCUT2D eigenvalue weighted by molar-refractivity contribution is -0.118. The molecule has 0 unspecified atom stereocenters. The molecule has 0 spiro atoms. The van der Waals surface area contributed by atoms with E-state index < -0.39 is 6.10 Å². The van der Waals surface area contributed by atoms with E-state index in [4.69, 9.17) is 0 Å². The van der Waals surface area contributed by atoms with Gasteiger partial charge in [0.25, 0.3) is 0 Å². The highest BCUT2D eigenvalue weighted by Crippen LogP contribution is 2.18. The Hall–Kier alpha value is -1.62. The van der Waals surface area contributed by atoms with Crippen LogP contribution in [0.5, 0.6) is 0 Å². The van der Waals surface area contributed by atoms with Gasteiger partial charge in [-0.1, -0.05) is 12.8 Å². The number of hydrogen-bond donors (Lipinski definition) is 2. The number of aliphatic hydroxyl groups excluding tert-OH is 1. The minimum absolute atomic E-state index is 0.109. The fourth-order valence-corrected chi connectivity index (χ4v) is 2.22. The monoisotopic (exact) mass is 249 g/mol. The molecule has 0 aliphatic heterocycles. The first-order valence-electron chi connectivity index (χ1n) is 6.31. The molecular weight excluding hydrogens is 230 g/mol. The van der Waals surface area contributed by atoms with Gasteiger partial charge in [0.15, 0.2) is 0 Å². The summed E-state index contributed by atoms with van der Waals surface area (Å²) < 4.78 is 1.69. The zero-order valence-corrected chi connectivity index (χ0v) is 10.5. The molecular formula is C13H19N3O2. The summed E-state index contributed by atoms with van der Waals surface area (Å²) in [6.45, 7) is 0. The van der Waals surface area contributed by atoms with E-state index in [9.17, 15) is 9.90 Å². The Morgan fingerprint density at radius 1 is 1.56 bits per heavy atom. The van der Waals surface area contributed by atoms with Gasteiger partial charge in [0.05, 0.1) is 17.8 Å². The Morgan fingerprint density at radius 3 is 3.00 bits per heavy atom. The fourth-order valence-electron chi connectivity index (χ4n) is 2.22. The van der Waals surface area contributed by atoms with Crippen LogP contribution in [-0.4, -0.2) is 32.9 Å². The number of aliphatic hydroxyl groups is 1. The summed E-state index contributed by atoms with van der Waals surface area (Å²) in [6.07, 6.45) is 8.21. The highest BCUT2D eigenvalue weighted by Gasteiger charge is 2.23. The van der Waals surface area contributed by atoms with Crippen LogP contribution in [0.1, 0.15) is 31.4 Å². The van der Waals surface area contributed by atoms with Gasteiger partial charge in [-0.15, -0.1) is 0 Å². The van der Waals surface area contributed by atoms with Crippen molar-refractivity contribution in [3.05, 3.63) is 24.0 Å². The van der Waals surface area contributed by atoms with Crippen molar-refractivity contribution in [2.45, 2.75) is 37.8 Å². The van der Waals surface area contributed by atoms with E-state index in [-0.39, 0.29) is 11.9 Å². The third-order valence-electron chi connectivity index (χ3n) is 3.32. The lowest BCUT2D eigenvalue weighted by Gasteiger charge is -2.27. The smallest absolute Gasteiger partial charge is 0.244 e. The van der Waals surface area contributed by atoms with Crippen LogP contribution in [0.3, 0.4) is 0 Å². The molecule has 98 valence electrons. The molecule has 5 heteroatoms. The van der Waals surface area contributed by atoms with Crippen molar-refractivity contribution in [2.75, 3.05) is 0 Å². The molecule has 0 saturated heterocycles. The average molecular weight is 249 g/mol. The molecule has 1 fully saturated rings. The van der Waals surface area contributed by atoms with E-state index in [1.165, 1.54) is 6.08 Å². The van der Waals surface area contributed by atoms with Crippen molar-refractivity contribution in [1.82, 2.24) is 15.1 Å². The standard InChI is InChI=1S/C13H19N3O2/c1-16-10(8-9-14-16)6-7-13(18)15-11-4-2-3-5-12(11)17/h6-9,11-12,17H,2-5H2,1H3,(H,15,18)/b7-6+/t11-,12-/m0/s1. The van der Waals surface area contributed by atoms with E-state index in [0.29, 0.717) is 0 Å². The van der Waals surface area contributed by atoms with E-state index in [2.05, 4.69) is 10.4 Å². The minimum Gasteiger partial charge on any atom is -0.391 e. The first-order chi connectivity index (χ1) is 8.66. The van der Waals surface area contributed by atoms with Crippen LogP contribution >= 0.6 is 0 Å². The molecule has 1 saturated carbocycles. The number of nitrogens with zero attached hydrogens (tertiary/aromatic N) is 2. The van der Waals surface area contributed by atoms with Crippen LogP contribution in [0.15, 0.2) is 18.3 Å². The van der Waals surface area contributed by atoms with E-state index >= 15 is 0 Å². The predicted molar refractivity (Wildman–Crippen MR) is 68.6 cm³/mol. The van der Waals surface area contributed by atoms with Crippen molar-refractivity contribution in [2.24, 2.45) is 7.05 Å². The van der Waals surface area contributed by atoms with Crippen molar-refractivity contribution >= 4 is 12.0 Å². The predicted octanol–water partition coefficient (Wildman–Crippen LogP) is 0.853. The maximum atomic E-state index is 11.7. The zero-order chi connectivity index (χ0) is 13.0. The van der Waals surface area contributed by atoms with Crippen LogP contribution < -0.4 is 5.32 Å². The second-order valence-electron chi connectivity index (χ2n) is 4.68. The number of hydrogen-bond acceptors (Lipinski definition) is 3. The molecule has 0 aromatic carbocycles. The van der Waals surface area contributed by atoms with Gasteiger partial charge in [-0.3, -0.25) is 9.48 Å². The first-order valence-corrected chi connectivity index (χ1v) is 6.31. The maximum Gasteiger partial charge on any atom is 0.244 e. The normalized spacial score (nSPS) is 24.3. The van der Waals surface area contributed by atoms with Crippen molar-refractivity contribution in [1.29, 1.82) is 0 Å². The van der Waals surface area contributed by atoms with Gasteiger partial charge >= 0.3 is 0 Å². The third kappa shape index (κ3) is 3.20. The second kappa shape index (κ2) is 5.82. The molecule has 2 N–H and O–H groups in total. The highest BCUT2D eigenvalue weighted by molar-refractivity contribution is 5.91. The third-order valence-corrected chi connectivity index (χ3v) is 3.32. The van der Waals surface area contributed by atoms with Gasteiger partial charge in [-0.2, -0.15) is 5.10 Å². The number of rotatable bonds is 3. The minimum atomic E-state index is -0.409. The van der Waals surface area contributed by atoms with Crippen LogP contribution in [-0.2, 0) is 11.8 Å². The lowest BCUT2D eigenvalue weighted by Crippen LogP contribution is -2.44. The van der Waals surface area contributed by atoms with Gasteiger partial charge in [-0.05, 0) is 25.0 Å². The van der Waals surface area contributed by atoms with Gasteiger partial charge in [-0.25, -0.2) is 0 Å². The molecule has 1 aromatic rings. The number of aromatic nitrogens is 2. The van der Waals surface area contributed by atoms with Crippen molar-refractivity contribution in [3.8, 4) is 0 Å². The Balaban J connectivity index is 1.88. The van der Waals surface area contributed by atoms with E-state index in [1.54, 1.807) is 17.0 Å². The van der Waals surface area contributed by atoms with Gasteiger partial charge < -0.3 is 10.4 Å². The first kappa shape index (κ1) is 12.8. The van der Waals surface area contributed by atoms with Crippen LogP contribution in [0.2, 0.25) is 0 Å². The Morgan fingerprint density at radius 2 is 2.33 bits per heavy atom. The molecule has 1 aliphatic carbocycles. The summed E-state index contributed by atoms with van der Waals surface area (Å²) in [5, 5.41) is 16.6.